The first kappa shape index (κ1) is 7.43. The highest BCUT2D eigenvalue weighted by atomic mass is 32.2. The third-order valence-corrected chi connectivity index (χ3v) is 3.20. The van der Waals surface area contributed by atoms with Gasteiger partial charge in [0.25, 0.3) is 0 Å². The summed E-state index contributed by atoms with van der Waals surface area (Å²) in [6.07, 6.45) is 11.0. The van der Waals surface area contributed by atoms with Gasteiger partial charge in [0, 0.05) is 6.21 Å². The van der Waals surface area contributed by atoms with Crippen LogP contribution in [0.5, 0.6) is 0 Å². The molecule has 0 bridgehead atoms. The van der Waals surface area contributed by atoms with Crippen molar-refractivity contribution in [1.82, 2.24) is 0 Å². The fourth-order valence-corrected chi connectivity index (χ4v) is 2.29. The van der Waals surface area contributed by atoms with E-state index in [4.69, 9.17) is 4.74 Å². The largest absolute Gasteiger partial charge is 0.458 e. The molecule has 2 aliphatic heterocycles. The second-order valence-electron chi connectivity index (χ2n) is 2.30. The third-order valence-electron chi connectivity index (χ3n) is 1.48. The number of rotatable bonds is 1. The molecule has 0 spiro atoms. The van der Waals surface area contributed by atoms with Crippen molar-refractivity contribution in [3.63, 3.8) is 0 Å². The second kappa shape index (κ2) is 3.45. The Balaban J connectivity index is 2.17. The summed E-state index contributed by atoms with van der Waals surface area (Å²) in [6, 6.07) is 0. The standard InChI is InChI=1S/C9H9NOS/c1-2-7-12(6-1)9-8-10-4-3-5-11-9/h1-8,12H. The normalized spacial score (nSPS) is 22.3. The van der Waals surface area contributed by atoms with E-state index in [1.54, 1.807) is 24.8 Å². The molecule has 0 fully saturated rings. The van der Waals surface area contributed by atoms with Gasteiger partial charge in [-0.3, -0.25) is 4.99 Å². The average molecular weight is 179 g/mol. The molecule has 0 amide bonds. The Bertz CT molecular complexity index is 300. The van der Waals surface area contributed by atoms with Crippen molar-refractivity contribution < 1.29 is 4.74 Å². The van der Waals surface area contributed by atoms with E-state index in [1.165, 1.54) is 0 Å². The number of thiol groups is 1. The van der Waals surface area contributed by atoms with Crippen LogP contribution in [0.2, 0.25) is 0 Å². The zero-order valence-electron chi connectivity index (χ0n) is 6.42. The summed E-state index contributed by atoms with van der Waals surface area (Å²) < 4.78 is 5.37. The minimum absolute atomic E-state index is 0.368. The Hall–Kier alpha value is -1.22. The van der Waals surface area contributed by atoms with Crippen LogP contribution in [0, 0.1) is 0 Å². The second-order valence-corrected chi connectivity index (χ2v) is 4.15. The maximum Gasteiger partial charge on any atom is 0.165 e. The van der Waals surface area contributed by atoms with Crippen LogP contribution in [0.25, 0.3) is 0 Å². The van der Waals surface area contributed by atoms with Gasteiger partial charge in [0.15, 0.2) is 5.09 Å². The van der Waals surface area contributed by atoms with Gasteiger partial charge in [-0.25, -0.2) is 0 Å². The van der Waals surface area contributed by atoms with Crippen LogP contribution < -0.4 is 0 Å². The summed E-state index contributed by atoms with van der Waals surface area (Å²) in [5.74, 6) is 0. The molecule has 2 nitrogen and oxygen atoms in total. The first-order valence-corrected chi connectivity index (χ1v) is 5.13. The summed E-state index contributed by atoms with van der Waals surface area (Å²) in [5, 5.41) is 5.20. The first-order chi connectivity index (χ1) is 5.97. The molecule has 2 rings (SSSR count). The number of allylic oxidation sites excluding steroid dienone is 3. The summed E-state index contributed by atoms with van der Waals surface area (Å²) >= 11 is 0. The lowest BCUT2D eigenvalue weighted by atomic mass is 10.6. The van der Waals surface area contributed by atoms with E-state index < -0.39 is 0 Å². The van der Waals surface area contributed by atoms with E-state index in [1.807, 2.05) is 12.2 Å². The Morgan fingerprint density at radius 3 is 2.83 bits per heavy atom. The van der Waals surface area contributed by atoms with Crippen molar-refractivity contribution in [2.24, 2.45) is 4.99 Å². The number of hydrogen-bond donors (Lipinski definition) is 1. The molecule has 0 atom stereocenters. The molecular weight excluding hydrogens is 170 g/mol. The van der Waals surface area contributed by atoms with E-state index in [0.717, 1.165) is 5.09 Å². The Labute approximate surface area is 74.0 Å². The number of hydrogen-bond acceptors (Lipinski definition) is 2. The molecule has 0 aromatic heterocycles. The molecule has 0 aromatic carbocycles. The van der Waals surface area contributed by atoms with E-state index in [9.17, 15) is 0 Å². The van der Waals surface area contributed by atoms with Gasteiger partial charge < -0.3 is 4.74 Å². The molecule has 0 N–H and O–H groups in total. The molecule has 12 heavy (non-hydrogen) atoms. The lowest BCUT2D eigenvalue weighted by Crippen LogP contribution is -1.80. The van der Waals surface area contributed by atoms with E-state index in [0.29, 0.717) is 0 Å². The van der Waals surface area contributed by atoms with Gasteiger partial charge in [-0.15, -0.1) is 0 Å². The first-order valence-electron chi connectivity index (χ1n) is 3.65. The lowest BCUT2D eigenvalue weighted by Gasteiger charge is -2.11. The molecule has 0 saturated heterocycles. The maximum atomic E-state index is 5.37. The Morgan fingerprint density at radius 2 is 2.00 bits per heavy atom. The van der Waals surface area contributed by atoms with Crippen molar-refractivity contribution in [1.29, 1.82) is 0 Å². The summed E-state index contributed by atoms with van der Waals surface area (Å²) in [6.45, 7) is 0. The van der Waals surface area contributed by atoms with Crippen LogP contribution >= 0.6 is 10.9 Å². The smallest absolute Gasteiger partial charge is 0.165 e. The Kier molecular flexibility index (Phi) is 2.14. The zero-order chi connectivity index (χ0) is 8.23. The monoisotopic (exact) mass is 179 g/mol. The van der Waals surface area contributed by atoms with Gasteiger partial charge in [0.05, 0.1) is 12.5 Å². The fourth-order valence-electron chi connectivity index (χ4n) is 0.940. The van der Waals surface area contributed by atoms with Crippen LogP contribution in [-0.4, -0.2) is 6.21 Å². The van der Waals surface area contributed by atoms with E-state index in [-0.39, 0.29) is 10.9 Å². The van der Waals surface area contributed by atoms with Crippen LogP contribution in [0.1, 0.15) is 0 Å². The third kappa shape index (κ3) is 1.51. The zero-order valence-corrected chi connectivity index (χ0v) is 7.32. The number of nitrogens with zero attached hydrogens (tertiary/aromatic N) is 1. The summed E-state index contributed by atoms with van der Waals surface area (Å²) in [4.78, 5) is 4.05. The van der Waals surface area contributed by atoms with Crippen molar-refractivity contribution >= 4 is 17.1 Å². The maximum absolute atomic E-state index is 5.37. The summed E-state index contributed by atoms with van der Waals surface area (Å²) in [5.41, 5.74) is 0. The van der Waals surface area contributed by atoms with Gasteiger partial charge in [0.1, 0.15) is 0 Å². The highest BCUT2D eigenvalue weighted by Crippen LogP contribution is 2.42. The van der Waals surface area contributed by atoms with Gasteiger partial charge in [0.2, 0.25) is 0 Å². The highest BCUT2D eigenvalue weighted by Gasteiger charge is 2.06. The molecule has 0 unspecified atom stereocenters. The SMILES string of the molecule is C1=COC([SH]2C=CC=C2)=CN=C1. The highest BCUT2D eigenvalue weighted by molar-refractivity contribution is 8.25. The van der Waals surface area contributed by atoms with Crippen molar-refractivity contribution in [3.05, 3.63) is 46.6 Å². The predicted molar refractivity (Wildman–Crippen MR) is 54.1 cm³/mol. The Morgan fingerprint density at radius 1 is 1.17 bits per heavy atom. The van der Waals surface area contributed by atoms with Crippen molar-refractivity contribution in [3.8, 4) is 0 Å². The molecule has 3 heteroatoms. The van der Waals surface area contributed by atoms with Crippen LogP contribution in [0.3, 0.4) is 0 Å². The quantitative estimate of drug-likeness (QED) is 0.613. The number of ether oxygens (including phenoxy) is 1. The molecule has 0 radical (unpaired) electrons. The predicted octanol–water partition coefficient (Wildman–Crippen LogP) is 2.44. The van der Waals surface area contributed by atoms with Gasteiger partial charge in [-0.2, -0.15) is 10.9 Å². The van der Waals surface area contributed by atoms with Crippen molar-refractivity contribution in [2.75, 3.05) is 0 Å². The summed E-state index contributed by atoms with van der Waals surface area (Å²) in [7, 11) is -0.368. The van der Waals surface area contributed by atoms with Crippen LogP contribution in [-0.2, 0) is 4.74 Å². The molecule has 2 heterocycles. The lowest BCUT2D eigenvalue weighted by molar-refractivity contribution is 0.388. The van der Waals surface area contributed by atoms with Crippen molar-refractivity contribution in [2.45, 2.75) is 0 Å². The topological polar surface area (TPSA) is 21.6 Å². The van der Waals surface area contributed by atoms with Gasteiger partial charge in [-0.1, -0.05) is 12.2 Å². The molecule has 0 aromatic rings. The minimum Gasteiger partial charge on any atom is -0.458 e. The van der Waals surface area contributed by atoms with E-state index in [2.05, 4.69) is 15.8 Å². The van der Waals surface area contributed by atoms with Gasteiger partial charge >= 0.3 is 0 Å². The molecule has 2 aliphatic rings. The van der Waals surface area contributed by atoms with Crippen LogP contribution in [0.4, 0.5) is 0 Å². The minimum atomic E-state index is -0.368. The van der Waals surface area contributed by atoms with E-state index >= 15 is 0 Å². The molecular formula is C9H9NOS. The average Bonchev–Trinajstić information content (AvgIpc) is 2.48. The van der Waals surface area contributed by atoms with Crippen LogP contribution in [0.15, 0.2) is 51.6 Å². The molecule has 0 aliphatic carbocycles. The number of aliphatic imine (C=N–C) groups is 1. The fraction of sp³-hybridized carbons (Fsp3) is 0. The van der Waals surface area contributed by atoms with Gasteiger partial charge in [-0.05, 0) is 16.9 Å². The molecule has 0 saturated carbocycles. The molecule has 62 valence electrons.